The van der Waals surface area contributed by atoms with Crippen LogP contribution in [0.15, 0.2) is 30.5 Å². The molecule has 2 aromatic rings. The molecule has 0 fully saturated rings. The molecule has 1 unspecified atom stereocenters. The quantitative estimate of drug-likeness (QED) is 0.879. The van der Waals surface area contributed by atoms with Gasteiger partial charge in [-0.3, -0.25) is 0 Å². The summed E-state index contributed by atoms with van der Waals surface area (Å²) in [6.45, 7) is 1.83. The maximum atomic E-state index is 13.2. The van der Waals surface area contributed by atoms with Crippen LogP contribution in [-0.4, -0.2) is 20.1 Å². The first kappa shape index (κ1) is 11.7. The van der Waals surface area contributed by atoms with Crippen LogP contribution in [0.25, 0.3) is 0 Å². The van der Waals surface area contributed by atoms with E-state index in [1.165, 1.54) is 23.0 Å². The number of nitrogens with zero attached hydrogens (tertiary/aromatic N) is 3. The summed E-state index contributed by atoms with van der Waals surface area (Å²) in [5, 5.41) is 18.2. The van der Waals surface area contributed by atoms with Crippen LogP contribution in [0.1, 0.15) is 24.6 Å². The Kier molecular flexibility index (Phi) is 2.93. The molecule has 1 heterocycles. The lowest BCUT2D eigenvalue weighted by atomic mass is 9.88. The van der Waals surface area contributed by atoms with E-state index in [9.17, 15) is 9.50 Å². The predicted octanol–water partition coefficient (Wildman–Crippen LogP) is 1.60. The smallest absolute Gasteiger partial charge is 0.133 e. The number of hydrogen-bond donors (Lipinski definition) is 1. The standard InChI is InChI=1S/C12H14FN3O/c1-3-12(17,11-8-14-15-16(11)2)9-5-4-6-10(13)7-9/h4-8,17H,3H2,1-2H3. The molecule has 1 N–H and O–H groups in total. The molecular formula is C12H14FN3O. The van der Waals surface area contributed by atoms with Crippen LogP contribution in [0.3, 0.4) is 0 Å². The molecule has 0 aliphatic rings. The van der Waals surface area contributed by atoms with Crippen molar-refractivity contribution in [1.29, 1.82) is 0 Å². The third-order valence-corrected chi connectivity index (χ3v) is 2.95. The second kappa shape index (κ2) is 4.25. The fourth-order valence-electron chi connectivity index (χ4n) is 1.94. The zero-order chi connectivity index (χ0) is 12.5. The number of aryl methyl sites for hydroxylation is 1. The van der Waals surface area contributed by atoms with Crippen LogP contribution in [-0.2, 0) is 12.6 Å². The van der Waals surface area contributed by atoms with E-state index in [4.69, 9.17) is 0 Å². The summed E-state index contributed by atoms with van der Waals surface area (Å²) >= 11 is 0. The number of benzene rings is 1. The van der Waals surface area contributed by atoms with Gasteiger partial charge in [0.25, 0.3) is 0 Å². The molecule has 2 rings (SSSR count). The van der Waals surface area contributed by atoms with Crippen LogP contribution < -0.4 is 0 Å². The molecule has 1 aromatic carbocycles. The van der Waals surface area contributed by atoms with E-state index in [2.05, 4.69) is 10.3 Å². The Morgan fingerprint density at radius 3 is 2.76 bits per heavy atom. The van der Waals surface area contributed by atoms with E-state index in [1.54, 1.807) is 19.2 Å². The maximum absolute atomic E-state index is 13.2. The number of rotatable bonds is 3. The Labute approximate surface area is 98.7 Å². The van der Waals surface area contributed by atoms with E-state index in [-0.39, 0.29) is 5.82 Å². The van der Waals surface area contributed by atoms with Gasteiger partial charge in [-0.25, -0.2) is 9.07 Å². The Morgan fingerprint density at radius 2 is 2.24 bits per heavy atom. The molecule has 0 aliphatic carbocycles. The van der Waals surface area contributed by atoms with Crippen LogP contribution >= 0.6 is 0 Å². The fourth-order valence-corrected chi connectivity index (χ4v) is 1.94. The summed E-state index contributed by atoms with van der Waals surface area (Å²) in [7, 11) is 1.70. The minimum Gasteiger partial charge on any atom is -0.379 e. The average Bonchev–Trinajstić information content (AvgIpc) is 2.75. The van der Waals surface area contributed by atoms with Gasteiger partial charge in [0.05, 0.1) is 11.9 Å². The highest BCUT2D eigenvalue weighted by Gasteiger charge is 2.33. The van der Waals surface area contributed by atoms with E-state index < -0.39 is 5.60 Å². The van der Waals surface area contributed by atoms with Crippen molar-refractivity contribution >= 4 is 0 Å². The number of halogens is 1. The van der Waals surface area contributed by atoms with E-state index in [0.717, 1.165) is 0 Å². The van der Waals surface area contributed by atoms with Crippen LogP contribution in [0, 0.1) is 5.82 Å². The first-order chi connectivity index (χ1) is 8.08. The molecular weight excluding hydrogens is 221 g/mol. The molecule has 0 saturated heterocycles. The molecule has 90 valence electrons. The Bertz CT molecular complexity index is 526. The molecule has 0 amide bonds. The Hall–Kier alpha value is -1.75. The van der Waals surface area contributed by atoms with Crippen molar-refractivity contribution in [3.8, 4) is 0 Å². The van der Waals surface area contributed by atoms with Crippen molar-refractivity contribution in [2.75, 3.05) is 0 Å². The van der Waals surface area contributed by atoms with Gasteiger partial charge in [-0.1, -0.05) is 24.3 Å². The highest BCUT2D eigenvalue weighted by atomic mass is 19.1. The Balaban J connectivity index is 2.55. The molecule has 1 atom stereocenters. The molecule has 0 bridgehead atoms. The molecule has 0 saturated carbocycles. The van der Waals surface area contributed by atoms with Crippen molar-refractivity contribution in [1.82, 2.24) is 15.0 Å². The van der Waals surface area contributed by atoms with Crippen LogP contribution in [0.2, 0.25) is 0 Å². The van der Waals surface area contributed by atoms with E-state index in [0.29, 0.717) is 17.7 Å². The Morgan fingerprint density at radius 1 is 1.47 bits per heavy atom. The lowest BCUT2D eigenvalue weighted by Crippen LogP contribution is -2.29. The van der Waals surface area contributed by atoms with E-state index >= 15 is 0 Å². The van der Waals surface area contributed by atoms with Crippen LogP contribution in [0.4, 0.5) is 4.39 Å². The third kappa shape index (κ3) is 1.93. The third-order valence-electron chi connectivity index (χ3n) is 2.95. The van der Waals surface area contributed by atoms with Crippen molar-refractivity contribution in [3.63, 3.8) is 0 Å². The number of aliphatic hydroxyl groups is 1. The minimum absolute atomic E-state index is 0.371. The SMILES string of the molecule is CCC(O)(c1cccc(F)c1)c1cnnn1C. The second-order valence-corrected chi connectivity index (χ2v) is 3.97. The topological polar surface area (TPSA) is 50.9 Å². The molecule has 4 nitrogen and oxygen atoms in total. The van der Waals surface area contributed by atoms with Crippen molar-refractivity contribution in [2.24, 2.45) is 7.05 Å². The number of aromatic nitrogens is 3. The van der Waals surface area contributed by atoms with Gasteiger partial charge in [-0.05, 0) is 24.1 Å². The first-order valence-corrected chi connectivity index (χ1v) is 5.41. The molecule has 1 aromatic heterocycles. The lowest BCUT2D eigenvalue weighted by Gasteiger charge is -2.26. The van der Waals surface area contributed by atoms with Crippen molar-refractivity contribution in [2.45, 2.75) is 18.9 Å². The lowest BCUT2D eigenvalue weighted by molar-refractivity contribution is 0.0674. The highest BCUT2D eigenvalue weighted by Crippen LogP contribution is 2.32. The monoisotopic (exact) mass is 235 g/mol. The van der Waals surface area contributed by atoms with Gasteiger partial charge in [0, 0.05) is 7.05 Å². The normalized spacial score (nSPS) is 14.6. The maximum Gasteiger partial charge on any atom is 0.133 e. The summed E-state index contributed by atoms with van der Waals surface area (Å²) in [6, 6.07) is 5.95. The summed E-state index contributed by atoms with van der Waals surface area (Å²) in [5.41, 5.74) is -0.212. The summed E-state index contributed by atoms with van der Waals surface area (Å²) in [6.07, 6.45) is 1.91. The zero-order valence-electron chi connectivity index (χ0n) is 9.76. The fraction of sp³-hybridized carbons (Fsp3) is 0.333. The molecule has 5 heteroatoms. The molecule has 0 radical (unpaired) electrons. The minimum atomic E-state index is -1.26. The van der Waals surface area contributed by atoms with Gasteiger partial charge >= 0.3 is 0 Å². The highest BCUT2D eigenvalue weighted by molar-refractivity contribution is 5.31. The predicted molar refractivity (Wildman–Crippen MR) is 60.7 cm³/mol. The second-order valence-electron chi connectivity index (χ2n) is 3.97. The summed E-state index contributed by atoms with van der Waals surface area (Å²) < 4.78 is 14.7. The van der Waals surface area contributed by atoms with Gasteiger partial charge < -0.3 is 5.11 Å². The van der Waals surface area contributed by atoms with Crippen molar-refractivity contribution < 1.29 is 9.50 Å². The molecule has 17 heavy (non-hydrogen) atoms. The van der Waals surface area contributed by atoms with Gasteiger partial charge in [0.1, 0.15) is 11.4 Å². The average molecular weight is 235 g/mol. The van der Waals surface area contributed by atoms with Gasteiger partial charge in [-0.2, -0.15) is 0 Å². The van der Waals surface area contributed by atoms with Gasteiger partial charge in [0.2, 0.25) is 0 Å². The van der Waals surface area contributed by atoms with Gasteiger partial charge in [-0.15, -0.1) is 5.10 Å². The van der Waals surface area contributed by atoms with Crippen LogP contribution in [0.5, 0.6) is 0 Å². The number of hydrogen-bond acceptors (Lipinski definition) is 3. The molecule has 0 aliphatic heterocycles. The molecule has 0 spiro atoms. The summed E-state index contributed by atoms with van der Waals surface area (Å²) in [5.74, 6) is -0.371. The zero-order valence-corrected chi connectivity index (χ0v) is 9.76. The van der Waals surface area contributed by atoms with Crippen molar-refractivity contribution in [3.05, 3.63) is 47.5 Å². The van der Waals surface area contributed by atoms with Gasteiger partial charge in [0.15, 0.2) is 0 Å². The van der Waals surface area contributed by atoms with E-state index in [1.807, 2.05) is 6.92 Å². The first-order valence-electron chi connectivity index (χ1n) is 5.41. The largest absolute Gasteiger partial charge is 0.379 e. The summed E-state index contributed by atoms with van der Waals surface area (Å²) in [4.78, 5) is 0.